The Morgan fingerprint density at radius 2 is 2.17 bits per heavy atom. The zero-order valence-corrected chi connectivity index (χ0v) is 10.4. The summed E-state index contributed by atoms with van der Waals surface area (Å²) >= 11 is 1.68. The number of thioether (sulfide) groups is 1. The molecule has 6 heteroatoms. The fourth-order valence-corrected chi connectivity index (χ4v) is 2.70. The highest BCUT2D eigenvalue weighted by Gasteiger charge is 2.19. The second-order valence-electron chi connectivity index (χ2n) is 3.82. The Kier molecular flexibility index (Phi) is 4.09. The number of aliphatic carboxylic acids is 1. The molecule has 0 spiro atoms. The van der Waals surface area contributed by atoms with Gasteiger partial charge in [-0.1, -0.05) is 12.1 Å². The van der Waals surface area contributed by atoms with Gasteiger partial charge < -0.3 is 15.2 Å². The molecule has 0 saturated carbocycles. The third-order valence-electron chi connectivity index (χ3n) is 2.45. The van der Waals surface area contributed by atoms with Crippen molar-refractivity contribution in [3.63, 3.8) is 0 Å². The summed E-state index contributed by atoms with van der Waals surface area (Å²) in [4.78, 5) is 21.6. The Hall–Kier alpha value is -1.69. The van der Waals surface area contributed by atoms with Gasteiger partial charge in [-0.25, -0.2) is 4.79 Å². The van der Waals surface area contributed by atoms with Crippen molar-refractivity contribution in [3.8, 4) is 5.75 Å². The van der Waals surface area contributed by atoms with Crippen molar-refractivity contribution in [2.24, 2.45) is 0 Å². The summed E-state index contributed by atoms with van der Waals surface area (Å²) in [7, 11) is 0. The summed E-state index contributed by atoms with van der Waals surface area (Å²) < 4.78 is 5.04. The Balaban J connectivity index is 1.98. The van der Waals surface area contributed by atoms with Gasteiger partial charge in [-0.05, 0) is 17.7 Å². The lowest BCUT2D eigenvalue weighted by molar-refractivity contribution is -0.139. The number of carbonyl (C=O) groups is 2. The zero-order chi connectivity index (χ0) is 13.0. The first-order valence-corrected chi connectivity index (χ1v) is 6.55. The Morgan fingerprint density at radius 3 is 2.78 bits per heavy atom. The highest BCUT2D eigenvalue weighted by molar-refractivity contribution is 7.99. The average Bonchev–Trinajstić information content (AvgIpc) is 2.37. The molecule has 96 valence electrons. The molecule has 0 bridgehead atoms. The van der Waals surface area contributed by atoms with Gasteiger partial charge in [0.1, 0.15) is 11.1 Å². The highest BCUT2D eigenvalue weighted by atomic mass is 32.2. The number of benzene rings is 1. The van der Waals surface area contributed by atoms with Crippen molar-refractivity contribution in [2.75, 3.05) is 12.4 Å². The van der Waals surface area contributed by atoms with Crippen molar-refractivity contribution in [3.05, 3.63) is 29.8 Å². The largest absolute Gasteiger partial charge is 0.482 e. The number of hydrogen-bond acceptors (Lipinski definition) is 4. The fourth-order valence-electron chi connectivity index (χ4n) is 1.59. The molecule has 18 heavy (non-hydrogen) atoms. The van der Waals surface area contributed by atoms with E-state index < -0.39 is 5.97 Å². The van der Waals surface area contributed by atoms with Gasteiger partial charge in [-0.15, -0.1) is 11.8 Å². The molecule has 1 amide bonds. The van der Waals surface area contributed by atoms with E-state index >= 15 is 0 Å². The predicted molar refractivity (Wildman–Crippen MR) is 67.5 cm³/mol. The summed E-state index contributed by atoms with van der Waals surface area (Å²) in [5.74, 6) is 0.376. The van der Waals surface area contributed by atoms with Crippen LogP contribution in [0.5, 0.6) is 5.75 Å². The van der Waals surface area contributed by atoms with Crippen molar-refractivity contribution < 1.29 is 19.4 Å². The second kappa shape index (κ2) is 5.77. The van der Waals surface area contributed by atoms with Crippen LogP contribution in [0.25, 0.3) is 0 Å². The summed E-state index contributed by atoms with van der Waals surface area (Å²) in [6.07, 6.45) is 0.557. The molecule has 1 aromatic carbocycles. The molecule has 2 rings (SSSR count). The van der Waals surface area contributed by atoms with E-state index in [-0.39, 0.29) is 17.9 Å². The maximum Gasteiger partial charge on any atom is 0.341 e. The van der Waals surface area contributed by atoms with Crippen molar-refractivity contribution >= 4 is 23.6 Å². The van der Waals surface area contributed by atoms with Crippen LogP contribution >= 0.6 is 11.8 Å². The van der Waals surface area contributed by atoms with Crippen LogP contribution in [0.4, 0.5) is 0 Å². The number of carboxylic acids is 1. The van der Waals surface area contributed by atoms with Crippen molar-refractivity contribution in [1.29, 1.82) is 0 Å². The smallest absolute Gasteiger partial charge is 0.341 e. The van der Waals surface area contributed by atoms with E-state index in [0.29, 0.717) is 12.2 Å². The first kappa shape index (κ1) is 12.8. The standard InChI is InChI=1S/C12H13NO4S/c14-10-5-6-18-12(13-10)8-1-3-9(4-2-8)17-7-11(15)16/h1-4,12H,5-7H2,(H,13,14)(H,15,16). The number of carbonyl (C=O) groups excluding carboxylic acids is 1. The lowest BCUT2D eigenvalue weighted by Crippen LogP contribution is -2.31. The van der Waals surface area contributed by atoms with E-state index in [0.717, 1.165) is 11.3 Å². The van der Waals surface area contributed by atoms with Gasteiger partial charge in [-0.2, -0.15) is 0 Å². The minimum absolute atomic E-state index is 0.0280. The number of nitrogens with one attached hydrogen (secondary N) is 1. The molecule has 1 unspecified atom stereocenters. The molecule has 1 saturated heterocycles. The minimum Gasteiger partial charge on any atom is -0.482 e. The van der Waals surface area contributed by atoms with Crippen LogP contribution < -0.4 is 10.1 Å². The number of ether oxygens (including phenoxy) is 1. The molecular weight excluding hydrogens is 254 g/mol. The third-order valence-corrected chi connectivity index (χ3v) is 3.61. The lowest BCUT2D eigenvalue weighted by Gasteiger charge is -2.23. The van der Waals surface area contributed by atoms with Gasteiger partial charge in [0.2, 0.25) is 5.91 Å². The van der Waals surface area contributed by atoms with Crippen LogP contribution in [0.15, 0.2) is 24.3 Å². The lowest BCUT2D eigenvalue weighted by atomic mass is 10.2. The van der Waals surface area contributed by atoms with Crippen LogP contribution in [-0.4, -0.2) is 29.3 Å². The SMILES string of the molecule is O=C(O)COc1ccc(C2NC(=O)CCS2)cc1. The number of rotatable bonds is 4. The molecule has 2 N–H and O–H groups in total. The molecule has 1 heterocycles. The number of hydrogen-bond donors (Lipinski definition) is 2. The number of amides is 1. The van der Waals surface area contributed by atoms with Gasteiger partial charge in [0.05, 0.1) is 0 Å². The predicted octanol–water partition coefficient (Wildman–Crippen LogP) is 1.40. The van der Waals surface area contributed by atoms with Crippen LogP contribution in [0.3, 0.4) is 0 Å². The monoisotopic (exact) mass is 267 g/mol. The van der Waals surface area contributed by atoms with E-state index in [9.17, 15) is 9.59 Å². The Labute approximate surface area is 109 Å². The molecule has 0 aromatic heterocycles. The summed E-state index contributed by atoms with van der Waals surface area (Å²) in [5, 5.41) is 11.4. The molecule has 0 aliphatic carbocycles. The second-order valence-corrected chi connectivity index (χ2v) is 5.03. The van der Waals surface area contributed by atoms with Crippen molar-refractivity contribution in [2.45, 2.75) is 11.8 Å². The summed E-state index contributed by atoms with van der Waals surface area (Å²) in [6, 6.07) is 7.08. The van der Waals surface area contributed by atoms with E-state index in [1.54, 1.807) is 23.9 Å². The molecule has 1 aliphatic rings. The van der Waals surface area contributed by atoms with Crippen LogP contribution in [-0.2, 0) is 9.59 Å². The Bertz CT molecular complexity index is 446. The third kappa shape index (κ3) is 3.40. The quantitative estimate of drug-likeness (QED) is 0.862. The van der Waals surface area contributed by atoms with Gasteiger partial charge in [0, 0.05) is 12.2 Å². The first-order valence-electron chi connectivity index (χ1n) is 5.50. The maximum absolute atomic E-state index is 11.3. The maximum atomic E-state index is 11.3. The topological polar surface area (TPSA) is 75.6 Å². The Morgan fingerprint density at radius 1 is 1.44 bits per heavy atom. The number of carboxylic acid groups (broad SMARTS) is 1. The average molecular weight is 267 g/mol. The molecule has 5 nitrogen and oxygen atoms in total. The molecule has 1 fully saturated rings. The molecule has 1 aliphatic heterocycles. The normalized spacial score (nSPS) is 19.1. The molecule has 0 radical (unpaired) electrons. The summed E-state index contributed by atoms with van der Waals surface area (Å²) in [6.45, 7) is -0.353. The van der Waals surface area contributed by atoms with E-state index in [4.69, 9.17) is 9.84 Å². The fraction of sp³-hybridized carbons (Fsp3) is 0.333. The van der Waals surface area contributed by atoms with Gasteiger partial charge in [0.25, 0.3) is 0 Å². The van der Waals surface area contributed by atoms with Crippen molar-refractivity contribution in [1.82, 2.24) is 5.32 Å². The highest BCUT2D eigenvalue weighted by Crippen LogP contribution is 2.30. The molecule has 1 aromatic rings. The van der Waals surface area contributed by atoms with Crippen LogP contribution in [0, 0.1) is 0 Å². The first-order chi connectivity index (χ1) is 8.65. The molecule has 1 atom stereocenters. The minimum atomic E-state index is -1.01. The van der Waals surface area contributed by atoms with Gasteiger partial charge >= 0.3 is 5.97 Å². The zero-order valence-electron chi connectivity index (χ0n) is 9.59. The van der Waals surface area contributed by atoms with Crippen LogP contribution in [0.2, 0.25) is 0 Å². The van der Waals surface area contributed by atoms with E-state index in [2.05, 4.69) is 5.32 Å². The van der Waals surface area contributed by atoms with Crippen LogP contribution in [0.1, 0.15) is 17.4 Å². The summed E-state index contributed by atoms with van der Waals surface area (Å²) in [5.41, 5.74) is 0.982. The van der Waals surface area contributed by atoms with Gasteiger partial charge in [-0.3, -0.25) is 4.79 Å². The van der Waals surface area contributed by atoms with Gasteiger partial charge in [0.15, 0.2) is 6.61 Å². The molecular formula is C12H13NO4S. The van der Waals surface area contributed by atoms with E-state index in [1.807, 2.05) is 12.1 Å². The van der Waals surface area contributed by atoms with E-state index in [1.165, 1.54) is 0 Å².